The molecule has 7 heteroatoms. The van der Waals surface area contributed by atoms with Crippen molar-refractivity contribution in [1.82, 2.24) is 14.7 Å². The fraction of sp³-hybridized carbons (Fsp3) is 0.524. The summed E-state index contributed by atoms with van der Waals surface area (Å²) in [6.07, 6.45) is 2.66. The smallest absolute Gasteiger partial charge is 0.219 e. The number of anilines is 2. The van der Waals surface area contributed by atoms with Gasteiger partial charge in [-0.1, -0.05) is 6.07 Å². The number of aryl methyl sites for hydroxylation is 1. The lowest BCUT2D eigenvalue weighted by Gasteiger charge is -2.29. The zero-order chi connectivity index (χ0) is 19.8. The molecule has 3 heterocycles. The molecule has 150 valence electrons. The normalized spacial score (nSPS) is 17.5. The van der Waals surface area contributed by atoms with Crippen molar-refractivity contribution in [1.29, 1.82) is 0 Å². The number of aromatic nitrogens is 2. The maximum atomic E-state index is 14.1. The molecular formula is C21H27FN4O2. The van der Waals surface area contributed by atoms with Gasteiger partial charge in [-0.15, -0.1) is 0 Å². The third-order valence-corrected chi connectivity index (χ3v) is 5.91. The Morgan fingerprint density at radius 2 is 2.07 bits per heavy atom. The number of benzene rings is 1. The number of hydrogen-bond acceptors (Lipinski definition) is 4. The third kappa shape index (κ3) is 3.39. The van der Waals surface area contributed by atoms with E-state index >= 15 is 0 Å². The molecule has 1 amide bonds. The Labute approximate surface area is 164 Å². The van der Waals surface area contributed by atoms with Crippen LogP contribution in [0, 0.1) is 12.7 Å². The van der Waals surface area contributed by atoms with E-state index in [0.29, 0.717) is 24.7 Å². The van der Waals surface area contributed by atoms with Gasteiger partial charge in [0.25, 0.3) is 0 Å². The van der Waals surface area contributed by atoms with Gasteiger partial charge in [0.05, 0.1) is 12.6 Å². The molecule has 6 nitrogen and oxygen atoms in total. The highest BCUT2D eigenvalue weighted by Crippen LogP contribution is 2.35. The first-order valence-electron chi connectivity index (χ1n) is 9.89. The van der Waals surface area contributed by atoms with E-state index in [1.54, 1.807) is 26.0 Å². The van der Waals surface area contributed by atoms with Crippen LogP contribution in [0.5, 0.6) is 0 Å². The van der Waals surface area contributed by atoms with Gasteiger partial charge in [-0.25, -0.2) is 4.39 Å². The molecule has 0 bridgehead atoms. The van der Waals surface area contributed by atoms with E-state index in [4.69, 9.17) is 9.84 Å². The predicted molar refractivity (Wildman–Crippen MR) is 105 cm³/mol. The average Bonchev–Trinajstić information content (AvgIpc) is 3.09. The molecule has 0 radical (unpaired) electrons. The van der Waals surface area contributed by atoms with Gasteiger partial charge in [-0.3, -0.25) is 9.48 Å². The number of fused-ring (bicyclic) bond motifs is 1. The molecule has 0 aliphatic carbocycles. The molecule has 0 atom stereocenters. The lowest BCUT2D eigenvalue weighted by Crippen LogP contribution is -2.35. The first-order valence-corrected chi connectivity index (χ1v) is 9.89. The van der Waals surface area contributed by atoms with Crippen molar-refractivity contribution in [3.63, 3.8) is 0 Å². The Kier molecular flexibility index (Phi) is 5.10. The van der Waals surface area contributed by atoms with Crippen LogP contribution >= 0.6 is 0 Å². The van der Waals surface area contributed by atoms with Crippen LogP contribution in [0.15, 0.2) is 18.2 Å². The third-order valence-electron chi connectivity index (χ3n) is 5.91. The number of ether oxygens (including phenoxy) is 1. The number of carbonyl (C=O) groups is 1. The van der Waals surface area contributed by atoms with Crippen molar-refractivity contribution in [2.24, 2.45) is 0 Å². The summed E-state index contributed by atoms with van der Waals surface area (Å²) in [5.41, 5.74) is 3.63. The Morgan fingerprint density at radius 1 is 1.32 bits per heavy atom. The van der Waals surface area contributed by atoms with E-state index in [-0.39, 0.29) is 11.7 Å². The molecule has 28 heavy (non-hydrogen) atoms. The Hall–Kier alpha value is -2.41. The SMILES string of the molecule is CC(=O)N1CCc2c(c(N(C)c3ccc(C)c(F)c3)nn2C2CCOCC2)C1. The minimum absolute atomic E-state index is 0.0689. The molecule has 1 aromatic heterocycles. The van der Waals surface area contributed by atoms with Gasteiger partial charge in [0.2, 0.25) is 5.91 Å². The van der Waals surface area contributed by atoms with Crippen molar-refractivity contribution >= 4 is 17.4 Å². The predicted octanol–water partition coefficient (Wildman–Crippen LogP) is 3.35. The van der Waals surface area contributed by atoms with Gasteiger partial charge in [-0.2, -0.15) is 5.10 Å². The summed E-state index contributed by atoms with van der Waals surface area (Å²) < 4.78 is 21.8. The van der Waals surface area contributed by atoms with E-state index < -0.39 is 0 Å². The maximum Gasteiger partial charge on any atom is 0.219 e. The fourth-order valence-corrected chi connectivity index (χ4v) is 4.11. The highest BCUT2D eigenvalue weighted by atomic mass is 19.1. The second-order valence-electron chi connectivity index (χ2n) is 7.72. The van der Waals surface area contributed by atoms with Crippen LogP contribution in [0.25, 0.3) is 0 Å². The molecule has 1 saturated heterocycles. The first-order chi connectivity index (χ1) is 13.5. The number of carbonyl (C=O) groups excluding carboxylic acids is 1. The summed E-state index contributed by atoms with van der Waals surface area (Å²) in [6.45, 7) is 6.10. The molecular weight excluding hydrogens is 359 g/mol. The molecule has 0 N–H and O–H groups in total. The van der Waals surface area contributed by atoms with Crippen molar-refractivity contribution in [2.45, 2.75) is 45.7 Å². The van der Waals surface area contributed by atoms with E-state index in [1.165, 1.54) is 5.69 Å². The summed E-state index contributed by atoms with van der Waals surface area (Å²) in [7, 11) is 1.91. The molecule has 0 spiro atoms. The number of rotatable bonds is 3. The summed E-state index contributed by atoms with van der Waals surface area (Å²) >= 11 is 0. The lowest BCUT2D eigenvalue weighted by atomic mass is 10.0. The van der Waals surface area contributed by atoms with Gasteiger partial charge < -0.3 is 14.5 Å². The molecule has 4 rings (SSSR count). The van der Waals surface area contributed by atoms with Crippen LogP contribution in [-0.4, -0.2) is 47.4 Å². The molecule has 1 fully saturated rings. The van der Waals surface area contributed by atoms with Crippen molar-refractivity contribution in [3.05, 3.63) is 40.8 Å². The van der Waals surface area contributed by atoms with Crippen molar-refractivity contribution < 1.29 is 13.9 Å². The van der Waals surface area contributed by atoms with Gasteiger partial charge >= 0.3 is 0 Å². The topological polar surface area (TPSA) is 50.6 Å². The molecule has 2 aliphatic heterocycles. The zero-order valence-corrected chi connectivity index (χ0v) is 16.7. The largest absolute Gasteiger partial charge is 0.381 e. The van der Waals surface area contributed by atoms with Crippen LogP contribution in [0.2, 0.25) is 0 Å². The van der Waals surface area contributed by atoms with Gasteiger partial charge in [0, 0.05) is 57.1 Å². The molecule has 0 saturated carbocycles. The maximum absolute atomic E-state index is 14.1. The molecule has 1 aromatic carbocycles. The number of amides is 1. The van der Waals surface area contributed by atoms with E-state index in [0.717, 1.165) is 49.5 Å². The number of nitrogens with zero attached hydrogens (tertiary/aromatic N) is 4. The van der Waals surface area contributed by atoms with Crippen LogP contribution in [0.1, 0.15) is 42.6 Å². The van der Waals surface area contributed by atoms with Crippen LogP contribution in [0.3, 0.4) is 0 Å². The van der Waals surface area contributed by atoms with Crippen molar-refractivity contribution in [3.8, 4) is 0 Å². The van der Waals surface area contributed by atoms with E-state index in [2.05, 4.69) is 4.68 Å². The second-order valence-corrected chi connectivity index (χ2v) is 7.72. The molecule has 0 unspecified atom stereocenters. The van der Waals surface area contributed by atoms with Crippen LogP contribution in [-0.2, 0) is 22.5 Å². The summed E-state index contributed by atoms with van der Waals surface area (Å²) in [4.78, 5) is 15.8. The van der Waals surface area contributed by atoms with Gasteiger partial charge in [0.15, 0.2) is 5.82 Å². The Balaban J connectivity index is 1.75. The standard InChI is InChI=1S/C21H27FN4O2/c1-14-4-5-17(12-19(14)22)24(3)21-18-13-25(15(2)27)9-6-20(18)26(23-21)16-7-10-28-11-8-16/h4-5,12,16H,6-11,13H2,1-3H3. The summed E-state index contributed by atoms with van der Waals surface area (Å²) in [5.74, 6) is 0.641. The highest BCUT2D eigenvalue weighted by Gasteiger charge is 2.31. The zero-order valence-electron chi connectivity index (χ0n) is 16.7. The number of hydrogen-bond donors (Lipinski definition) is 0. The second kappa shape index (κ2) is 7.54. The lowest BCUT2D eigenvalue weighted by molar-refractivity contribution is -0.129. The quantitative estimate of drug-likeness (QED) is 0.812. The molecule has 2 aromatic rings. The average molecular weight is 386 g/mol. The van der Waals surface area contributed by atoms with Crippen LogP contribution < -0.4 is 4.90 Å². The Bertz CT molecular complexity index is 889. The Morgan fingerprint density at radius 3 is 2.75 bits per heavy atom. The van der Waals surface area contributed by atoms with Crippen LogP contribution in [0.4, 0.5) is 15.9 Å². The highest BCUT2D eigenvalue weighted by molar-refractivity contribution is 5.74. The number of halogens is 1. The van der Waals surface area contributed by atoms with E-state index in [9.17, 15) is 9.18 Å². The fourth-order valence-electron chi connectivity index (χ4n) is 4.11. The summed E-state index contributed by atoms with van der Waals surface area (Å²) in [5, 5.41) is 4.96. The monoisotopic (exact) mass is 386 g/mol. The first kappa shape index (κ1) is 18.9. The van der Waals surface area contributed by atoms with E-state index in [1.807, 2.05) is 22.9 Å². The van der Waals surface area contributed by atoms with Gasteiger partial charge in [-0.05, 0) is 37.5 Å². The van der Waals surface area contributed by atoms with Gasteiger partial charge in [0.1, 0.15) is 5.82 Å². The minimum Gasteiger partial charge on any atom is -0.381 e. The molecule has 2 aliphatic rings. The van der Waals surface area contributed by atoms with Crippen molar-refractivity contribution in [2.75, 3.05) is 31.7 Å². The minimum atomic E-state index is -0.229. The summed E-state index contributed by atoms with van der Waals surface area (Å²) in [6, 6.07) is 5.54.